The van der Waals surface area contributed by atoms with E-state index in [1.807, 2.05) is 26.0 Å². The van der Waals surface area contributed by atoms with E-state index in [1.54, 1.807) is 18.2 Å². The van der Waals surface area contributed by atoms with E-state index >= 15 is 0 Å². The van der Waals surface area contributed by atoms with E-state index in [-0.39, 0.29) is 17.6 Å². The maximum absolute atomic E-state index is 12.6. The van der Waals surface area contributed by atoms with Crippen molar-refractivity contribution in [3.8, 4) is 11.8 Å². The van der Waals surface area contributed by atoms with Crippen LogP contribution in [0.2, 0.25) is 0 Å². The number of fused-ring (bicyclic) bond motifs is 1. The molecule has 1 aliphatic carbocycles. The Kier molecular flexibility index (Phi) is 2.82. The SMILES string of the molecule is CC1(C)Oc2ccc(NC(=O)c3ccc(C#N)cn3)cc2C23N=C(N)OC24OCC143. The Morgan fingerprint density at radius 3 is 2.77 bits per heavy atom. The number of aromatic nitrogens is 1. The minimum absolute atomic E-state index is 0.0881. The van der Waals surface area contributed by atoms with Crippen LogP contribution in [0.4, 0.5) is 5.69 Å². The highest BCUT2D eigenvalue weighted by molar-refractivity contribution is 6.03. The quantitative estimate of drug-likeness (QED) is 0.779. The molecule has 1 saturated heterocycles. The molecule has 4 aliphatic rings. The summed E-state index contributed by atoms with van der Waals surface area (Å²) >= 11 is 0. The summed E-state index contributed by atoms with van der Waals surface area (Å²) in [4.78, 5) is 21.3. The van der Waals surface area contributed by atoms with Crippen LogP contribution in [-0.4, -0.2) is 34.9 Å². The largest absolute Gasteiger partial charge is 0.486 e. The molecule has 3 spiro atoms. The monoisotopic (exact) mass is 403 g/mol. The van der Waals surface area contributed by atoms with Gasteiger partial charge in [-0.25, -0.2) is 9.98 Å². The van der Waals surface area contributed by atoms with Crippen molar-refractivity contribution in [1.29, 1.82) is 5.26 Å². The van der Waals surface area contributed by atoms with Crippen LogP contribution < -0.4 is 15.8 Å². The Bertz CT molecular complexity index is 1220. The molecule has 9 nitrogen and oxygen atoms in total. The molecule has 3 atom stereocenters. The number of nitrogens with one attached hydrogen (secondary N) is 1. The summed E-state index contributed by atoms with van der Waals surface area (Å²) in [6.07, 6.45) is 1.36. The van der Waals surface area contributed by atoms with Crippen LogP contribution in [0.25, 0.3) is 0 Å². The van der Waals surface area contributed by atoms with E-state index in [2.05, 4.69) is 15.3 Å². The number of amidine groups is 1. The van der Waals surface area contributed by atoms with Crippen LogP contribution in [0.5, 0.6) is 5.75 Å². The first kappa shape index (κ1) is 17.2. The number of pyridine rings is 1. The van der Waals surface area contributed by atoms with E-state index in [4.69, 9.17) is 25.2 Å². The van der Waals surface area contributed by atoms with Gasteiger partial charge in [-0.2, -0.15) is 5.26 Å². The first-order valence-corrected chi connectivity index (χ1v) is 9.50. The third-order valence-corrected chi connectivity index (χ3v) is 6.76. The Hall–Kier alpha value is -3.64. The number of aliphatic imine (C=N–C) groups is 1. The van der Waals surface area contributed by atoms with Crippen LogP contribution in [-0.2, 0) is 15.0 Å². The maximum atomic E-state index is 12.6. The number of hydrogen-bond acceptors (Lipinski definition) is 8. The normalized spacial score (nSPS) is 33.0. The molecule has 9 heteroatoms. The average Bonchev–Trinajstić information content (AvgIpc) is 2.92. The van der Waals surface area contributed by atoms with Gasteiger partial charge in [-0.1, -0.05) is 0 Å². The fourth-order valence-corrected chi connectivity index (χ4v) is 5.40. The second-order valence-electron chi connectivity index (χ2n) is 8.39. The zero-order valence-electron chi connectivity index (χ0n) is 16.2. The summed E-state index contributed by atoms with van der Waals surface area (Å²) < 4.78 is 18.1. The second kappa shape index (κ2) is 4.91. The number of anilines is 1. The lowest BCUT2D eigenvalue weighted by Crippen LogP contribution is -2.58. The summed E-state index contributed by atoms with van der Waals surface area (Å²) in [5, 5.41) is 11.7. The molecule has 3 aliphatic heterocycles. The number of ether oxygens (including phenoxy) is 3. The number of rotatable bonds is 2. The summed E-state index contributed by atoms with van der Waals surface area (Å²) in [7, 11) is 0. The maximum Gasteiger partial charge on any atom is 0.285 e. The highest BCUT2D eigenvalue weighted by Gasteiger charge is 3.06. The lowest BCUT2D eigenvalue weighted by Gasteiger charge is -2.45. The van der Waals surface area contributed by atoms with Gasteiger partial charge in [0.15, 0.2) is 5.54 Å². The second-order valence-corrected chi connectivity index (χ2v) is 8.39. The minimum atomic E-state index is -0.962. The van der Waals surface area contributed by atoms with Crippen LogP contribution in [0.3, 0.4) is 0 Å². The van der Waals surface area contributed by atoms with Gasteiger partial charge >= 0.3 is 0 Å². The highest BCUT2D eigenvalue weighted by Crippen LogP contribution is 2.89. The molecule has 30 heavy (non-hydrogen) atoms. The first-order chi connectivity index (χ1) is 14.3. The molecule has 0 bridgehead atoms. The van der Waals surface area contributed by atoms with Crippen LogP contribution >= 0.6 is 0 Å². The van der Waals surface area contributed by atoms with Gasteiger partial charge in [0.1, 0.15) is 28.5 Å². The van der Waals surface area contributed by atoms with Crippen molar-refractivity contribution in [2.24, 2.45) is 16.1 Å². The van der Waals surface area contributed by atoms with E-state index in [1.165, 1.54) is 12.3 Å². The predicted molar refractivity (Wildman–Crippen MR) is 104 cm³/mol. The van der Waals surface area contributed by atoms with Crippen molar-refractivity contribution in [2.75, 3.05) is 11.9 Å². The predicted octanol–water partition coefficient (Wildman–Crippen LogP) is 1.64. The van der Waals surface area contributed by atoms with Gasteiger partial charge in [-0.15, -0.1) is 0 Å². The molecular weight excluding hydrogens is 386 g/mol. The summed E-state index contributed by atoms with van der Waals surface area (Å²) in [5.41, 5.74) is 5.98. The Morgan fingerprint density at radius 2 is 2.10 bits per heavy atom. The fourth-order valence-electron chi connectivity index (χ4n) is 5.40. The van der Waals surface area contributed by atoms with Gasteiger partial charge in [0, 0.05) is 17.4 Å². The molecule has 1 aromatic carbocycles. The molecule has 1 amide bonds. The number of benzene rings is 1. The zero-order chi connectivity index (χ0) is 20.9. The summed E-state index contributed by atoms with van der Waals surface area (Å²) in [5.74, 6) is -0.699. The molecule has 6 rings (SSSR count). The molecule has 3 unspecified atom stereocenters. The van der Waals surface area contributed by atoms with E-state index < -0.39 is 22.3 Å². The van der Waals surface area contributed by atoms with E-state index in [9.17, 15) is 4.79 Å². The Morgan fingerprint density at radius 1 is 1.27 bits per heavy atom. The molecule has 2 aromatic rings. The van der Waals surface area contributed by atoms with Crippen molar-refractivity contribution < 1.29 is 19.0 Å². The van der Waals surface area contributed by atoms with Crippen LogP contribution in [0, 0.1) is 16.7 Å². The van der Waals surface area contributed by atoms with Gasteiger partial charge in [0.2, 0.25) is 0 Å². The number of nitriles is 1. The Balaban J connectivity index is 1.39. The molecule has 0 radical (unpaired) electrons. The van der Waals surface area contributed by atoms with Crippen molar-refractivity contribution in [3.63, 3.8) is 0 Å². The summed E-state index contributed by atoms with van der Waals surface area (Å²) in [6, 6.07) is 10.5. The first-order valence-electron chi connectivity index (χ1n) is 9.50. The fraction of sp³-hybridized carbons (Fsp3) is 0.333. The zero-order valence-corrected chi connectivity index (χ0v) is 16.2. The standard InChI is InChI=1S/C21H17N5O4/c1-18(2)19-10-28-21(19)20(19,26-17(23)30-21)13-7-12(4-6-15(13)29-18)25-16(27)14-5-3-11(8-22)9-24-14/h3-7,9H,10H2,1-2H3,(H2,23,26)(H,25,27). The minimum Gasteiger partial charge on any atom is -0.486 e. The topological polar surface area (TPSA) is 132 Å². The van der Waals surface area contributed by atoms with Crippen molar-refractivity contribution in [2.45, 2.75) is 30.8 Å². The molecule has 2 fully saturated rings. The third kappa shape index (κ3) is 1.59. The lowest BCUT2D eigenvalue weighted by atomic mass is 9.77. The molecule has 150 valence electrons. The van der Waals surface area contributed by atoms with Crippen LogP contribution in [0.15, 0.2) is 41.5 Å². The molecular formula is C21H17N5O4. The lowest BCUT2D eigenvalue weighted by molar-refractivity contribution is -0.263. The van der Waals surface area contributed by atoms with Gasteiger partial charge < -0.3 is 25.3 Å². The number of carbonyl (C=O) groups excluding carboxylic acids is 1. The van der Waals surface area contributed by atoms with Crippen LogP contribution in [0.1, 0.15) is 35.5 Å². The number of nitrogens with zero attached hydrogens (tertiary/aromatic N) is 3. The number of carbonyl (C=O) groups is 1. The smallest absolute Gasteiger partial charge is 0.285 e. The molecule has 1 saturated carbocycles. The van der Waals surface area contributed by atoms with Gasteiger partial charge in [0.25, 0.3) is 17.7 Å². The average molecular weight is 403 g/mol. The van der Waals surface area contributed by atoms with E-state index in [0.717, 1.165) is 5.56 Å². The Labute approximate surface area is 171 Å². The molecule has 4 heterocycles. The number of nitrogens with two attached hydrogens (primary N) is 1. The van der Waals surface area contributed by atoms with E-state index in [0.29, 0.717) is 23.6 Å². The van der Waals surface area contributed by atoms with Gasteiger partial charge in [-0.3, -0.25) is 4.79 Å². The van der Waals surface area contributed by atoms with Gasteiger partial charge in [0.05, 0.1) is 12.2 Å². The number of hydrogen-bond donors (Lipinski definition) is 2. The molecule has 3 N–H and O–H groups in total. The number of amides is 1. The highest BCUT2D eigenvalue weighted by atomic mass is 16.8. The van der Waals surface area contributed by atoms with Gasteiger partial charge in [-0.05, 0) is 44.2 Å². The molecule has 1 aromatic heterocycles. The third-order valence-electron chi connectivity index (χ3n) is 6.76. The van der Waals surface area contributed by atoms with Crippen molar-refractivity contribution in [3.05, 3.63) is 53.3 Å². The summed E-state index contributed by atoms with van der Waals surface area (Å²) in [6.45, 7) is 4.45. The van der Waals surface area contributed by atoms with Crippen molar-refractivity contribution in [1.82, 2.24) is 4.98 Å². The van der Waals surface area contributed by atoms with Crippen molar-refractivity contribution >= 4 is 17.6 Å².